The summed E-state index contributed by atoms with van der Waals surface area (Å²) in [7, 11) is 2.33. The van der Waals surface area contributed by atoms with Crippen LogP contribution in [0.4, 0.5) is 0 Å². The first kappa shape index (κ1) is 11.9. The fourth-order valence-corrected chi connectivity index (χ4v) is 3.98. The monoisotopic (exact) mass is 237 g/mol. The third kappa shape index (κ3) is 2.13. The SMILES string of the molecule is CC(C)N1CCC(N2CC3CCC(C2)N3C)C1. The van der Waals surface area contributed by atoms with Gasteiger partial charge in [-0.3, -0.25) is 14.7 Å². The van der Waals surface area contributed by atoms with Crippen molar-refractivity contribution in [2.24, 2.45) is 0 Å². The van der Waals surface area contributed by atoms with Crippen molar-refractivity contribution in [3.63, 3.8) is 0 Å². The van der Waals surface area contributed by atoms with Crippen molar-refractivity contribution < 1.29 is 0 Å². The second kappa shape index (κ2) is 4.52. The molecule has 0 amide bonds. The Morgan fingerprint density at radius 2 is 1.53 bits per heavy atom. The van der Waals surface area contributed by atoms with Crippen molar-refractivity contribution in [1.82, 2.24) is 14.7 Å². The number of hydrogen-bond donors (Lipinski definition) is 0. The molecule has 3 aliphatic heterocycles. The fourth-order valence-electron chi connectivity index (χ4n) is 3.98. The maximum Gasteiger partial charge on any atom is 0.0236 e. The first-order valence-corrected chi connectivity index (χ1v) is 7.35. The van der Waals surface area contributed by atoms with E-state index in [-0.39, 0.29) is 0 Å². The summed E-state index contributed by atoms with van der Waals surface area (Å²) in [4.78, 5) is 8.07. The number of fused-ring (bicyclic) bond motifs is 2. The summed E-state index contributed by atoms with van der Waals surface area (Å²) in [6.07, 6.45) is 4.25. The molecule has 98 valence electrons. The zero-order valence-electron chi connectivity index (χ0n) is 11.6. The summed E-state index contributed by atoms with van der Waals surface area (Å²) in [5.74, 6) is 0. The molecule has 0 aromatic heterocycles. The Morgan fingerprint density at radius 3 is 2.06 bits per heavy atom. The molecule has 3 heterocycles. The molecule has 0 aromatic rings. The number of hydrogen-bond acceptors (Lipinski definition) is 3. The van der Waals surface area contributed by atoms with Crippen LogP contribution in [0.15, 0.2) is 0 Å². The van der Waals surface area contributed by atoms with Crippen LogP contribution in [-0.2, 0) is 0 Å². The van der Waals surface area contributed by atoms with Gasteiger partial charge in [0.05, 0.1) is 0 Å². The standard InChI is InChI=1S/C14H27N3/c1-11(2)16-7-6-14(10-16)17-8-12-4-5-13(9-17)15(12)3/h11-14H,4-10H2,1-3H3. The van der Waals surface area contributed by atoms with Gasteiger partial charge in [-0.1, -0.05) is 0 Å². The van der Waals surface area contributed by atoms with E-state index in [2.05, 4.69) is 35.6 Å². The Morgan fingerprint density at radius 1 is 0.882 bits per heavy atom. The molecule has 3 rings (SSSR count). The van der Waals surface area contributed by atoms with Gasteiger partial charge >= 0.3 is 0 Å². The lowest BCUT2D eigenvalue weighted by Crippen LogP contribution is -2.55. The lowest BCUT2D eigenvalue weighted by molar-refractivity contribution is 0.0588. The molecule has 3 aliphatic rings. The summed E-state index contributed by atoms with van der Waals surface area (Å²) >= 11 is 0. The third-order valence-electron chi connectivity index (χ3n) is 5.32. The Kier molecular flexibility index (Phi) is 3.18. The highest BCUT2D eigenvalue weighted by atomic mass is 15.3. The van der Waals surface area contributed by atoms with Crippen LogP contribution >= 0.6 is 0 Å². The highest BCUT2D eigenvalue weighted by molar-refractivity contribution is 4.97. The maximum absolute atomic E-state index is 2.80. The van der Waals surface area contributed by atoms with E-state index in [1.165, 1.54) is 45.4 Å². The van der Waals surface area contributed by atoms with Crippen molar-refractivity contribution >= 4 is 0 Å². The number of piperazine rings is 1. The molecule has 3 saturated heterocycles. The van der Waals surface area contributed by atoms with Crippen LogP contribution in [0.1, 0.15) is 33.1 Å². The van der Waals surface area contributed by atoms with E-state index in [0.29, 0.717) is 0 Å². The van der Waals surface area contributed by atoms with Crippen LogP contribution in [0.3, 0.4) is 0 Å². The second-order valence-corrected chi connectivity index (χ2v) is 6.54. The molecule has 0 aliphatic carbocycles. The van der Waals surface area contributed by atoms with Gasteiger partial charge in [0.15, 0.2) is 0 Å². The van der Waals surface area contributed by atoms with Crippen LogP contribution in [0.25, 0.3) is 0 Å². The van der Waals surface area contributed by atoms with E-state index < -0.39 is 0 Å². The van der Waals surface area contributed by atoms with Crippen LogP contribution in [0.5, 0.6) is 0 Å². The minimum absolute atomic E-state index is 0.726. The van der Waals surface area contributed by atoms with Gasteiger partial charge in [0.25, 0.3) is 0 Å². The number of likely N-dealkylation sites (N-methyl/N-ethyl adjacent to an activating group) is 1. The summed E-state index contributed by atoms with van der Waals surface area (Å²) in [5, 5.41) is 0. The average molecular weight is 237 g/mol. The van der Waals surface area contributed by atoms with Crippen LogP contribution in [-0.4, -0.2) is 72.1 Å². The summed E-state index contributed by atoms with van der Waals surface area (Å²) in [6, 6.07) is 3.27. The minimum atomic E-state index is 0.726. The van der Waals surface area contributed by atoms with Gasteiger partial charge in [0.2, 0.25) is 0 Å². The van der Waals surface area contributed by atoms with Crippen molar-refractivity contribution in [2.45, 2.75) is 57.3 Å². The molecular weight excluding hydrogens is 210 g/mol. The molecule has 0 spiro atoms. The summed E-state index contributed by atoms with van der Waals surface area (Å²) in [5.41, 5.74) is 0. The highest BCUT2D eigenvalue weighted by Gasteiger charge is 2.41. The van der Waals surface area contributed by atoms with Crippen LogP contribution < -0.4 is 0 Å². The molecule has 0 saturated carbocycles. The fraction of sp³-hybridized carbons (Fsp3) is 1.00. The Hall–Kier alpha value is -0.120. The number of rotatable bonds is 2. The maximum atomic E-state index is 2.80. The molecule has 0 N–H and O–H groups in total. The van der Waals surface area contributed by atoms with Gasteiger partial charge in [-0.05, 0) is 40.2 Å². The van der Waals surface area contributed by atoms with E-state index >= 15 is 0 Å². The Balaban J connectivity index is 1.60. The van der Waals surface area contributed by atoms with E-state index in [1.54, 1.807) is 0 Å². The quantitative estimate of drug-likeness (QED) is 0.715. The topological polar surface area (TPSA) is 9.72 Å². The zero-order valence-corrected chi connectivity index (χ0v) is 11.6. The predicted octanol–water partition coefficient (Wildman–Crippen LogP) is 1.25. The zero-order chi connectivity index (χ0) is 12.0. The van der Waals surface area contributed by atoms with E-state index in [1.807, 2.05) is 0 Å². The predicted molar refractivity (Wildman–Crippen MR) is 71.3 cm³/mol. The lowest BCUT2D eigenvalue weighted by atomic mass is 10.1. The molecule has 0 radical (unpaired) electrons. The third-order valence-corrected chi connectivity index (χ3v) is 5.32. The lowest BCUT2D eigenvalue weighted by Gasteiger charge is -2.41. The number of nitrogens with zero attached hydrogens (tertiary/aromatic N) is 3. The molecule has 0 aromatic carbocycles. The summed E-state index contributed by atoms with van der Waals surface area (Å²) in [6.45, 7) is 9.92. The molecule has 3 nitrogen and oxygen atoms in total. The Bertz CT molecular complexity index is 265. The molecular formula is C14H27N3. The largest absolute Gasteiger partial charge is 0.299 e. The first-order chi connectivity index (χ1) is 8.15. The van der Waals surface area contributed by atoms with Gasteiger partial charge < -0.3 is 0 Å². The van der Waals surface area contributed by atoms with Crippen molar-refractivity contribution in [1.29, 1.82) is 0 Å². The van der Waals surface area contributed by atoms with E-state index in [4.69, 9.17) is 0 Å². The summed E-state index contributed by atoms with van der Waals surface area (Å²) < 4.78 is 0. The van der Waals surface area contributed by atoms with Gasteiger partial charge in [-0.15, -0.1) is 0 Å². The van der Waals surface area contributed by atoms with E-state index in [0.717, 1.165) is 24.2 Å². The van der Waals surface area contributed by atoms with Gasteiger partial charge in [-0.2, -0.15) is 0 Å². The molecule has 3 unspecified atom stereocenters. The number of likely N-dealkylation sites (tertiary alicyclic amines) is 2. The molecule has 2 bridgehead atoms. The molecule has 17 heavy (non-hydrogen) atoms. The van der Waals surface area contributed by atoms with Crippen LogP contribution in [0, 0.1) is 0 Å². The van der Waals surface area contributed by atoms with Gasteiger partial charge in [-0.25, -0.2) is 0 Å². The van der Waals surface area contributed by atoms with Crippen molar-refractivity contribution in [3.05, 3.63) is 0 Å². The smallest absolute Gasteiger partial charge is 0.0236 e. The van der Waals surface area contributed by atoms with E-state index in [9.17, 15) is 0 Å². The molecule has 3 atom stereocenters. The average Bonchev–Trinajstić information content (AvgIpc) is 2.83. The Labute approximate surface area is 106 Å². The highest BCUT2D eigenvalue weighted by Crippen LogP contribution is 2.31. The minimum Gasteiger partial charge on any atom is -0.299 e. The van der Waals surface area contributed by atoms with Crippen molar-refractivity contribution in [2.75, 3.05) is 33.2 Å². The second-order valence-electron chi connectivity index (χ2n) is 6.54. The molecule has 3 fully saturated rings. The normalized spacial score (nSPS) is 40.6. The molecule has 3 heteroatoms. The van der Waals surface area contributed by atoms with Crippen LogP contribution in [0.2, 0.25) is 0 Å². The van der Waals surface area contributed by atoms with Gasteiger partial charge in [0, 0.05) is 50.3 Å². The first-order valence-electron chi connectivity index (χ1n) is 7.35. The van der Waals surface area contributed by atoms with Gasteiger partial charge in [0.1, 0.15) is 0 Å². The van der Waals surface area contributed by atoms with Crippen molar-refractivity contribution in [3.8, 4) is 0 Å².